The molecular formula is C16H25Cl2N3O2. The van der Waals surface area contributed by atoms with E-state index in [2.05, 4.69) is 10.2 Å². The van der Waals surface area contributed by atoms with Crippen LogP contribution in [0.3, 0.4) is 0 Å². The van der Waals surface area contributed by atoms with Crippen molar-refractivity contribution >= 4 is 36.4 Å². The van der Waals surface area contributed by atoms with E-state index in [1.54, 1.807) is 12.1 Å². The van der Waals surface area contributed by atoms with Crippen LogP contribution < -0.4 is 10.2 Å². The average Bonchev–Trinajstić information content (AvgIpc) is 2.56. The van der Waals surface area contributed by atoms with Crippen molar-refractivity contribution in [3.8, 4) is 5.75 Å². The summed E-state index contributed by atoms with van der Waals surface area (Å²) in [6, 6.07) is 7.29. The van der Waals surface area contributed by atoms with Gasteiger partial charge in [0.2, 0.25) is 5.91 Å². The number of anilines is 1. The molecule has 1 amide bonds. The van der Waals surface area contributed by atoms with E-state index in [1.165, 1.54) is 6.42 Å². The summed E-state index contributed by atoms with van der Waals surface area (Å²) in [6.07, 6.45) is 3.30. The summed E-state index contributed by atoms with van der Waals surface area (Å²) in [5.41, 5.74) is 1.11. The van der Waals surface area contributed by atoms with Gasteiger partial charge in [0.05, 0.1) is 6.04 Å². The van der Waals surface area contributed by atoms with Crippen molar-refractivity contribution in [3.63, 3.8) is 0 Å². The molecule has 5 nitrogen and oxygen atoms in total. The molecule has 0 aromatic heterocycles. The van der Waals surface area contributed by atoms with E-state index in [9.17, 15) is 9.90 Å². The number of carbonyl (C=O) groups excluding carboxylic acids is 1. The third-order valence-corrected chi connectivity index (χ3v) is 4.41. The Labute approximate surface area is 149 Å². The number of hydrogen-bond acceptors (Lipinski definition) is 4. The first kappa shape index (κ1) is 19.9. The second-order valence-corrected chi connectivity index (χ2v) is 5.83. The molecule has 2 aliphatic rings. The summed E-state index contributed by atoms with van der Waals surface area (Å²) >= 11 is 0. The molecule has 2 heterocycles. The summed E-state index contributed by atoms with van der Waals surface area (Å²) in [7, 11) is 0. The van der Waals surface area contributed by atoms with E-state index in [-0.39, 0.29) is 42.5 Å². The molecule has 1 atom stereocenters. The van der Waals surface area contributed by atoms with Gasteiger partial charge in [0.25, 0.3) is 0 Å². The van der Waals surface area contributed by atoms with Crippen LogP contribution in [-0.4, -0.2) is 54.7 Å². The first-order valence-electron chi connectivity index (χ1n) is 7.80. The van der Waals surface area contributed by atoms with Gasteiger partial charge in [-0.05, 0) is 43.7 Å². The quantitative estimate of drug-likeness (QED) is 0.845. The maximum atomic E-state index is 12.5. The molecule has 0 unspecified atom stereocenters. The fourth-order valence-corrected chi connectivity index (χ4v) is 3.13. The normalized spacial score (nSPS) is 21.1. The van der Waals surface area contributed by atoms with Crippen molar-refractivity contribution in [3.05, 3.63) is 24.3 Å². The minimum absolute atomic E-state index is 0. The molecular weight excluding hydrogens is 337 g/mol. The molecule has 0 saturated carbocycles. The van der Waals surface area contributed by atoms with E-state index in [0.717, 1.165) is 51.3 Å². The van der Waals surface area contributed by atoms with Gasteiger partial charge in [-0.25, -0.2) is 0 Å². The Kier molecular flexibility index (Phi) is 7.95. The highest BCUT2D eigenvalue weighted by Crippen LogP contribution is 2.20. The number of phenolic OH excluding ortho intramolecular Hbond substituents is 1. The number of carbonyl (C=O) groups is 1. The highest BCUT2D eigenvalue weighted by molar-refractivity contribution is 5.85. The van der Waals surface area contributed by atoms with Gasteiger partial charge in [0.15, 0.2) is 0 Å². The zero-order valence-corrected chi connectivity index (χ0v) is 14.7. The predicted molar refractivity (Wildman–Crippen MR) is 97.0 cm³/mol. The van der Waals surface area contributed by atoms with Gasteiger partial charge in [-0.2, -0.15) is 0 Å². The number of nitrogens with zero attached hydrogens (tertiary/aromatic N) is 2. The summed E-state index contributed by atoms with van der Waals surface area (Å²) in [5, 5.41) is 12.7. The summed E-state index contributed by atoms with van der Waals surface area (Å²) in [6.45, 7) is 4.21. The number of piperidine rings is 1. The van der Waals surface area contributed by atoms with Gasteiger partial charge in [-0.1, -0.05) is 6.42 Å². The lowest BCUT2D eigenvalue weighted by atomic mass is 10.0. The van der Waals surface area contributed by atoms with Crippen molar-refractivity contribution in [2.24, 2.45) is 0 Å². The zero-order chi connectivity index (χ0) is 14.7. The summed E-state index contributed by atoms with van der Waals surface area (Å²) in [4.78, 5) is 16.7. The lowest BCUT2D eigenvalue weighted by molar-refractivity contribution is -0.134. The maximum absolute atomic E-state index is 12.5. The van der Waals surface area contributed by atoms with E-state index in [0.29, 0.717) is 0 Å². The van der Waals surface area contributed by atoms with Gasteiger partial charge in [-0.15, -0.1) is 24.8 Å². The molecule has 1 aromatic carbocycles. The van der Waals surface area contributed by atoms with Crippen molar-refractivity contribution in [1.82, 2.24) is 10.2 Å². The molecule has 2 N–H and O–H groups in total. The van der Waals surface area contributed by atoms with E-state index in [1.807, 2.05) is 17.0 Å². The number of hydrogen-bond donors (Lipinski definition) is 2. The second-order valence-electron chi connectivity index (χ2n) is 5.83. The molecule has 2 fully saturated rings. The smallest absolute Gasteiger partial charge is 0.239 e. The standard InChI is InChI=1S/C16H23N3O2.2ClH/c20-14-6-4-13(5-7-14)18-9-11-19(12-10-18)16(21)15-3-1-2-8-17-15;;/h4-7,15,17,20H,1-3,8-12H2;2*1H/t15-;;/m0../s1. The molecule has 23 heavy (non-hydrogen) atoms. The molecule has 0 aliphatic carbocycles. The molecule has 2 saturated heterocycles. The molecule has 3 rings (SSSR count). The lowest BCUT2D eigenvalue weighted by Gasteiger charge is -2.38. The summed E-state index contributed by atoms with van der Waals surface area (Å²) < 4.78 is 0. The van der Waals surface area contributed by atoms with Crippen molar-refractivity contribution in [1.29, 1.82) is 0 Å². The van der Waals surface area contributed by atoms with Crippen LogP contribution in [0.15, 0.2) is 24.3 Å². The maximum Gasteiger partial charge on any atom is 0.239 e. The van der Waals surface area contributed by atoms with Crippen LogP contribution in [0.4, 0.5) is 5.69 Å². The molecule has 130 valence electrons. The van der Waals surface area contributed by atoms with Crippen LogP contribution in [0.2, 0.25) is 0 Å². The van der Waals surface area contributed by atoms with Crippen molar-refractivity contribution in [2.75, 3.05) is 37.6 Å². The monoisotopic (exact) mass is 361 g/mol. The van der Waals surface area contributed by atoms with E-state index >= 15 is 0 Å². The summed E-state index contributed by atoms with van der Waals surface area (Å²) in [5.74, 6) is 0.552. The highest BCUT2D eigenvalue weighted by Gasteiger charge is 2.28. The van der Waals surface area contributed by atoms with Crippen molar-refractivity contribution < 1.29 is 9.90 Å². The Morgan fingerprint density at radius 2 is 1.70 bits per heavy atom. The van der Waals surface area contributed by atoms with Gasteiger partial charge in [0, 0.05) is 31.9 Å². The van der Waals surface area contributed by atoms with Gasteiger partial charge in [0.1, 0.15) is 5.75 Å². The van der Waals surface area contributed by atoms with Crippen LogP contribution in [0.25, 0.3) is 0 Å². The number of phenols is 1. The first-order valence-corrected chi connectivity index (χ1v) is 7.80. The number of benzene rings is 1. The van der Waals surface area contributed by atoms with Crippen LogP contribution in [0.1, 0.15) is 19.3 Å². The number of piperazine rings is 1. The Morgan fingerprint density at radius 1 is 1.04 bits per heavy atom. The van der Waals surface area contributed by atoms with Crippen LogP contribution in [-0.2, 0) is 4.79 Å². The Bertz CT molecular complexity index is 485. The minimum Gasteiger partial charge on any atom is -0.508 e. The van der Waals surface area contributed by atoms with Gasteiger partial charge >= 0.3 is 0 Å². The molecule has 7 heteroatoms. The molecule has 2 aliphatic heterocycles. The SMILES string of the molecule is Cl.Cl.O=C([C@@H]1CCCCN1)N1CCN(c2ccc(O)cc2)CC1. The Morgan fingerprint density at radius 3 is 2.26 bits per heavy atom. The third-order valence-electron chi connectivity index (χ3n) is 4.41. The topological polar surface area (TPSA) is 55.8 Å². The largest absolute Gasteiger partial charge is 0.508 e. The zero-order valence-electron chi connectivity index (χ0n) is 13.1. The predicted octanol–water partition coefficient (Wildman–Crippen LogP) is 2.03. The highest BCUT2D eigenvalue weighted by atomic mass is 35.5. The number of aromatic hydroxyl groups is 1. The van der Waals surface area contributed by atoms with Crippen LogP contribution in [0.5, 0.6) is 5.75 Å². The average molecular weight is 362 g/mol. The fraction of sp³-hybridized carbons (Fsp3) is 0.562. The van der Waals surface area contributed by atoms with Crippen LogP contribution >= 0.6 is 24.8 Å². The van der Waals surface area contributed by atoms with E-state index < -0.39 is 0 Å². The number of halogens is 2. The molecule has 1 aromatic rings. The number of amides is 1. The molecule has 0 bridgehead atoms. The number of rotatable bonds is 2. The van der Waals surface area contributed by atoms with Crippen LogP contribution in [0, 0.1) is 0 Å². The second kappa shape index (κ2) is 9.21. The van der Waals surface area contributed by atoms with E-state index in [4.69, 9.17) is 0 Å². The Hall–Kier alpha value is -1.17. The molecule has 0 spiro atoms. The first-order chi connectivity index (χ1) is 10.2. The number of nitrogens with one attached hydrogen (secondary N) is 1. The van der Waals surface area contributed by atoms with Crippen molar-refractivity contribution in [2.45, 2.75) is 25.3 Å². The minimum atomic E-state index is 0. The van der Waals surface area contributed by atoms with Gasteiger partial charge < -0.3 is 20.2 Å². The Balaban J connectivity index is 0.00000132. The third kappa shape index (κ3) is 4.90. The van der Waals surface area contributed by atoms with Gasteiger partial charge in [-0.3, -0.25) is 4.79 Å². The molecule has 0 radical (unpaired) electrons. The fourth-order valence-electron chi connectivity index (χ4n) is 3.13. The lowest BCUT2D eigenvalue weighted by Crippen LogP contribution is -2.55.